The van der Waals surface area contributed by atoms with Crippen LogP contribution in [0.2, 0.25) is 0 Å². The van der Waals surface area contributed by atoms with Crippen LogP contribution in [0.25, 0.3) is 0 Å². The minimum atomic E-state index is -0.327. The smallest absolute Gasteiger partial charge is 0.338 e. The third-order valence-electron chi connectivity index (χ3n) is 3.64. The first-order valence-corrected chi connectivity index (χ1v) is 8.86. The first-order chi connectivity index (χ1) is 12.5. The first-order valence-electron chi connectivity index (χ1n) is 8.46. The molecule has 2 aromatic carbocycles. The molecule has 0 unspecified atom stereocenters. The molecule has 5 nitrogen and oxygen atoms in total. The van der Waals surface area contributed by atoms with Gasteiger partial charge in [0.2, 0.25) is 0 Å². The van der Waals surface area contributed by atoms with Gasteiger partial charge >= 0.3 is 5.97 Å². The maximum absolute atomic E-state index is 11.9. The SMILES string of the molecule is CCCCOC(=O)c1ccc(NC(=S)Nc2cccc(C(C)=O)c2)cc1. The molecule has 0 heterocycles. The lowest BCUT2D eigenvalue weighted by Crippen LogP contribution is -2.19. The summed E-state index contributed by atoms with van der Waals surface area (Å²) in [5.41, 5.74) is 2.59. The Hall–Kier alpha value is -2.73. The lowest BCUT2D eigenvalue weighted by molar-refractivity contribution is 0.0499. The highest BCUT2D eigenvalue weighted by molar-refractivity contribution is 7.80. The van der Waals surface area contributed by atoms with Gasteiger partial charge in [-0.15, -0.1) is 0 Å². The number of thiocarbonyl (C=S) groups is 1. The molecule has 0 aliphatic heterocycles. The van der Waals surface area contributed by atoms with Crippen molar-refractivity contribution in [3.8, 4) is 0 Å². The van der Waals surface area contributed by atoms with Gasteiger partial charge in [0.1, 0.15) is 0 Å². The number of carbonyl (C=O) groups excluding carboxylic acids is 2. The fourth-order valence-corrected chi connectivity index (χ4v) is 2.43. The topological polar surface area (TPSA) is 67.4 Å². The van der Waals surface area contributed by atoms with Crippen molar-refractivity contribution in [3.63, 3.8) is 0 Å². The number of esters is 1. The van der Waals surface area contributed by atoms with Crippen molar-refractivity contribution in [3.05, 3.63) is 59.7 Å². The van der Waals surface area contributed by atoms with Crippen molar-refractivity contribution in [2.24, 2.45) is 0 Å². The molecule has 0 aromatic heterocycles. The number of carbonyl (C=O) groups is 2. The second-order valence-corrected chi connectivity index (χ2v) is 6.19. The molecule has 2 rings (SSSR count). The van der Waals surface area contributed by atoms with Gasteiger partial charge in [0.05, 0.1) is 12.2 Å². The number of hydrogen-bond acceptors (Lipinski definition) is 4. The van der Waals surface area contributed by atoms with E-state index in [2.05, 4.69) is 10.6 Å². The number of Topliss-reactive ketones (excluding diaryl/α,β-unsaturated/α-hetero) is 1. The molecule has 136 valence electrons. The molecule has 0 atom stereocenters. The second-order valence-electron chi connectivity index (χ2n) is 5.78. The molecule has 0 bridgehead atoms. The summed E-state index contributed by atoms with van der Waals surface area (Å²) in [6, 6.07) is 14.0. The van der Waals surface area contributed by atoms with Crippen LogP contribution in [0, 0.1) is 0 Å². The van der Waals surface area contributed by atoms with Crippen molar-refractivity contribution >= 4 is 40.5 Å². The molecule has 0 aliphatic rings. The Balaban J connectivity index is 1.92. The molecule has 0 radical (unpaired) electrons. The summed E-state index contributed by atoms with van der Waals surface area (Å²) in [6.45, 7) is 3.99. The number of anilines is 2. The van der Waals surface area contributed by atoms with Crippen molar-refractivity contribution in [2.45, 2.75) is 26.7 Å². The van der Waals surface area contributed by atoms with Gasteiger partial charge in [0.15, 0.2) is 10.9 Å². The summed E-state index contributed by atoms with van der Waals surface area (Å²) in [6.07, 6.45) is 1.84. The van der Waals surface area contributed by atoms with Crippen LogP contribution in [0.15, 0.2) is 48.5 Å². The van der Waals surface area contributed by atoms with Crippen LogP contribution in [0.5, 0.6) is 0 Å². The highest BCUT2D eigenvalue weighted by Gasteiger charge is 2.07. The molecule has 2 aromatic rings. The second kappa shape index (κ2) is 9.68. The zero-order valence-electron chi connectivity index (χ0n) is 14.9. The van der Waals surface area contributed by atoms with Gasteiger partial charge in [-0.05, 0) is 62.0 Å². The number of ether oxygens (including phenoxy) is 1. The standard InChI is InChI=1S/C20H22N2O3S/c1-3-4-12-25-19(24)15-8-10-17(11-9-15)21-20(26)22-18-7-5-6-16(13-18)14(2)23/h5-11,13H,3-4,12H2,1-2H3,(H2,21,22,26). The maximum Gasteiger partial charge on any atom is 0.338 e. The highest BCUT2D eigenvalue weighted by Crippen LogP contribution is 2.14. The fourth-order valence-electron chi connectivity index (χ4n) is 2.19. The summed E-state index contributed by atoms with van der Waals surface area (Å²) < 4.78 is 5.17. The lowest BCUT2D eigenvalue weighted by atomic mass is 10.1. The van der Waals surface area contributed by atoms with Gasteiger partial charge in [0, 0.05) is 16.9 Å². The molecule has 0 aliphatic carbocycles. The Morgan fingerprint density at radius 1 is 1.00 bits per heavy atom. The van der Waals surface area contributed by atoms with Crippen molar-refractivity contribution in [1.29, 1.82) is 0 Å². The molecular formula is C20H22N2O3S. The van der Waals surface area contributed by atoms with Gasteiger partial charge in [-0.2, -0.15) is 0 Å². The zero-order valence-corrected chi connectivity index (χ0v) is 15.7. The molecule has 0 saturated carbocycles. The van der Waals surface area contributed by atoms with Crippen molar-refractivity contribution < 1.29 is 14.3 Å². The van der Waals surface area contributed by atoms with Crippen LogP contribution in [0.1, 0.15) is 47.4 Å². The Morgan fingerprint density at radius 2 is 1.69 bits per heavy atom. The quantitative estimate of drug-likeness (QED) is 0.320. The first kappa shape index (κ1) is 19.6. The van der Waals surface area contributed by atoms with E-state index < -0.39 is 0 Å². The number of unbranched alkanes of at least 4 members (excludes halogenated alkanes) is 1. The van der Waals surface area contributed by atoms with Crippen LogP contribution in [0.3, 0.4) is 0 Å². The van der Waals surface area contributed by atoms with Gasteiger partial charge < -0.3 is 15.4 Å². The number of hydrogen-bond donors (Lipinski definition) is 2. The molecule has 0 fully saturated rings. The normalized spacial score (nSPS) is 10.1. The van der Waals surface area contributed by atoms with Crippen LogP contribution < -0.4 is 10.6 Å². The third kappa shape index (κ3) is 5.97. The minimum Gasteiger partial charge on any atom is -0.462 e. The monoisotopic (exact) mass is 370 g/mol. The minimum absolute atomic E-state index is 0.00561. The van der Waals surface area contributed by atoms with Crippen LogP contribution >= 0.6 is 12.2 Å². The zero-order chi connectivity index (χ0) is 18.9. The Kier molecular flexibility index (Phi) is 7.29. The molecular weight excluding hydrogens is 348 g/mol. The van der Waals surface area contributed by atoms with E-state index in [1.165, 1.54) is 6.92 Å². The maximum atomic E-state index is 11.9. The van der Waals surface area contributed by atoms with Gasteiger partial charge in [-0.1, -0.05) is 25.5 Å². The van der Waals surface area contributed by atoms with Crippen LogP contribution in [0.4, 0.5) is 11.4 Å². The predicted molar refractivity (Wildman–Crippen MR) is 108 cm³/mol. The number of benzene rings is 2. The predicted octanol–water partition coefficient (Wildman–Crippen LogP) is 4.66. The summed E-state index contributed by atoms with van der Waals surface area (Å²) in [4.78, 5) is 23.3. The summed E-state index contributed by atoms with van der Waals surface area (Å²) >= 11 is 5.28. The van der Waals surface area contributed by atoms with E-state index in [0.717, 1.165) is 24.2 Å². The summed E-state index contributed by atoms with van der Waals surface area (Å²) in [7, 11) is 0. The van der Waals surface area contributed by atoms with E-state index in [9.17, 15) is 9.59 Å². The molecule has 26 heavy (non-hydrogen) atoms. The molecule has 0 saturated heterocycles. The lowest BCUT2D eigenvalue weighted by Gasteiger charge is -2.11. The van der Waals surface area contributed by atoms with E-state index in [0.29, 0.717) is 22.8 Å². The molecule has 2 N–H and O–H groups in total. The largest absolute Gasteiger partial charge is 0.462 e. The van der Waals surface area contributed by atoms with E-state index in [-0.39, 0.29) is 11.8 Å². The Morgan fingerprint density at radius 3 is 2.35 bits per heavy atom. The summed E-state index contributed by atoms with van der Waals surface area (Å²) in [5, 5.41) is 6.47. The Bertz CT molecular complexity index is 788. The van der Waals surface area contributed by atoms with E-state index in [1.807, 2.05) is 13.0 Å². The highest BCUT2D eigenvalue weighted by atomic mass is 32.1. The van der Waals surface area contributed by atoms with Gasteiger partial charge in [-0.25, -0.2) is 4.79 Å². The van der Waals surface area contributed by atoms with Gasteiger partial charge in [0.25, 0.3) is 0 Å². The van der Waals surface area contributed by atoms with E-state index >= 15 is 0 Å². The van der Waals surface area contributed by atoms with Crippen molar-refractivity contribution in [1.82, 2.24) is 0 Å². The summed E-state index contributed by atoms with van der Waals surface area (Å²) in [5.74, 6) is -0.333. The molecule has 0 spiro atoms. The van der Waals surface area contributed by atoms with Crippen molar-refractivity contribution in [2.75, 3.05) is 17.2 Å². The van der Waals surface area contributed by atoms with Crippen LogP contribution in [-0.2, 0) is 4.74 Å². The Labute approximate surface area is 158 Å². The average Bonchev–Trinajstić information content (AvgIpc) is 2.62. The molecule has 0 amide bonds. The van der Waals surface area contributed by atoms with E-state index in [4.69, 9.17) is 17.0 Å². The third-order valence-corrected chi connectivity index (χ3v) is 3.84. The number of nitrogens with one attached hydrogen (secondary N) is 2. The van der Waals surface area contributed by atoms with E-state index in [1.54, 1.807) is 42.5 Å². The fraction of sp³-hybridized carbons (Fsp3) is 0.250. The number of ketones is 1. The average molecular weight is 370 g/mol. The van der Waals surface area contributed by atoms with Gasteiger partial charge in [-0.3, -0.25) is 4.79 Å². The molecule has 6 heteroatoms. The van der Waals surface area contributed by atoms with Crippen LogP contribution in [-0.4, -0.2) is 23.5 Å². The number of rotatable bonds is 7.